The number of hydrogen-bond donors (Lipinski definition) is 0. The number of piperidine rings is 1. The molecule has 1 fully saturated rings. The number of benzene rings is 2. The van der Waals surface area contributed by atoms with Gasteiger partial charge in [-0.05, 0) is 55.6 Å². The van der Waals surface area contributed by atoms with Crippen molar-refractivity contribution in [3.8, 4) is 16.9 Å². The zero-order chi connectivity index (χ0) is 22.6. The Hall–Kier alpha value is -1.77. The van der Waals surface area contributed by atoms with E-state index in [1.54, 1.807) is 24.3 Å². The smallest absolute Gasteiger partial charge is 0.417 e. The SMILES string of the molecule is CS(=O)(=O)CCCN1CCC(Oc2ccc(-c3c(Cl)cccc3C(F)(F)F)cc2)CC1. The molecule has 2 aromatic carbocycles. The molecule has 0 saturated carbocycles. The summed E-state index contributed by atoms with van der Waals surface area (Å²) in [5.74, 6) is 0.789. The number of sulfone groups is 1. The summed E-state index contributed by atoms with van der Waals surface area (Å²) < 4.78 is 68.5. The molecule has 9 heteroatoms. The van der Waals surface area contributed by atoms with Crippen LogP contribution in [-0.4, -0.2) is 51.1 Å². The topological polar surface area (TPSA) is 46.6 Å². The Balaban J connectivity index is 1.58. The third-order valence-electron chi connectivity index (χ3n) is 5.29. The van der Waals surface area contributed by atoms with Crippen molar-refractivity contribution in [1.29, 1.82) is 0 Å². The van der Waals surface area contributed by atoms with Crippen LogP contribution in [0.15, 0.2) is 42.5 Å². The zero-order valence-corrected chi connectivity index (χ0v) is 18.7. The molecule has 0 unspecified atom stereocenters. The first-order valence-electron chi connectivity index (χ1n) is 10.1. The Morgan fingerprint density at radius 3 is 2.32 bits per heavy atom. The summed E-state index contributed by atoms with van der Waals surface area (Å²) in [6, 6.07) is 10.3. The van der Waals surface area contributed by atoms with Crippen molar-refractivity contribution in [3.05, 3.63) is 53.1 Å². The van der Waals surface area contributed by atoms with Crippen LogP contribution in [0.4, 0.5) is 13.2 Å². The number of hydrogen-bond acceptors (Lipinski definition) is 4. The van der Waals surface area contributed by atoms with Gasteiger partial charge in [0.1, 0.15) is 21.7 Å². The predicted molar refractivity (Wildman–Crippen MR) is 116 cm³/mol. The number of alkyl halides is 3. The summed E-state index contributed by atoms with van der Waals surface area (Å²) in [6.45, 7) is 2.38. The van der Waals surface area contributed by atoms with Gasteiger partial charge in [-0.2, -0.15) is 13.2 Å². The van der Waals surface area contributed by atoms with E-state index in [0.29, 0.717) is 17.7 Å². The first-order chi connectivity index (χ1) is 14.5. The first kappa shape index (κ1) is 23.9. The minimum absolute atomic E-state index is 0.0167. The molecular formula is C22H25ClF3NO3S. The van der Waals surface area contributed by atoms with E-state index < -0.39 is 21.6 Å². The van der Waals surface area contributed by atoms with Crippen molar-refractivity contribution in [2.24, 2.45) is 0 Å². The third kappa shape index (κ3) is 6.85. The monoisotopic (exact) mass is 475 g/mol. The van der Waals surface area contributed by atoms with Gasteiger partial charge in [-0.1, -0.05) is 29.8 Å². The maximum Gasteiger partial charge on any atom is 0.417 e. The molecule has 0 spiro atoms. The summed E-state index contributed by atoms with van der Waals surface area (Å²) in [4.78, 5) is 2.23. The van der Waals surface area contributed by atoms with Crippen LogP contribution in [0.2, 0.25) is 5.02 Å². The van der Waals surface area contributed by atoms with E-state index in [4.69, 9.17) is 16.3 Å². The minimum Gasteiger partial charge on any atom is -0.490 e. The summed E-state index contributed by atoms with van der Waals surface area (Å²) >= 11 is 6.07. The van der Waals surface area contributed by atoms with Gasteiger partial charge in [0.2, 0.25) is 0 Å². The second kappa shape index (κ2) is 9.79. The number of halogens is 4. The fourth-order valence-electron chi connectivity index (χ4n) is 3.75. The van der Waals surface area contributed by atoms with E-state index >= 15 is 0 Å². The van der Waals surface area contributed by atoms with Gasteiger partial charge in [-0.15, -0.1) is 0 Å². The molecule has 1 heterocycles. The van der Waals surface area contributed by atoms with Crippen molar-refractivity contribution in [3.63, 3.8) is 0 Å². The number of rotatable bonds is 7. The molecule has 0 amide bonds. The molecule has 0 N–H and O–H groups in total. The minimum atomic E-state index is -4.50. The summed E-state index contributed by atoms with van der Waals surface area (Å²) in [5, 5.41) is 0.0479. The van der Waals surface area contributed by atoms with Crippen LogP contribution in [0.1, 0.15) is 24.8 Å². The van der Waals surface area contributed by atoms with Crippen LogP contribution < -0.4 is 4.74 Å². The molecule has 0 radical (unpaired) electrons. The molecular weight excluding hydrogens is 451 g/mol. The van der Waals surface area contributed by atoms with Gasteiger partial charge in [0.25, 0.3) is 0 Å². The molecule has 0 bridgehead atoms. The lowest BCUT2D eigenvalue weighted by molar-refractivity contribution is -0.137. The van der Waals surface area contributed by atoms with E-state index in [-0.39, 0.29) is 22.4 Å². The van der Waals surface area contributed by atoms with Gasteiger partial charge in [-0.25, -0.2) is 8.42 Å². The largest absolute Gasteiger partial charge is 0.490 e. The summed E-state index contributed by atoms with van der Waals surface area (Å²) in [6.07, 6.45) is -0.998. The van der Waals surface area contributed by atoms with Crippen molar-refractivity contribution < 1.29 is 26.3 Å². The highest BCUT2D eigenvalue weighted by molar-refractivity contribution is 7.90. The fraction of sp³-hybridized carbons (Fsp3) is 0.455. The predicted octanol–water partition coefficient (Wildman–Crippen LogP) is 5.30. The number of nitrogens with zero attached hydrogens (tertiary/aromatic N) is 1. The third-order valence-corrected chi connectivity index (χ3v) is 6.63. The Morgan fingerprint density at radius 1 is 1.10 bits per heavy atom. The Labute approximate surface area is 185 Å². The molecule has 0 aromatic heterocycles. The van der Waals surface area contributed by atoms with Crippen molar-refractivity contribution in [2.45, 2.75) is 31.5 Å². The van der Waals surface area contributed by atoms with Crippen LogP contribution in [0.3, 0.4) is 0 Å². The highest BCUT2D eigenvalue weighted by Gasteiger charge is 2.34. The second-order valence-electron chi connectivity index (χ2n) is 7.83. The maximum atomic E-state index is 13.4. The number of likely N-dealkylation sites (tertiary alicyclic amines) is 1. The van der Waals surface area contributed by atoms with E-state index in [1.165, 1.54) is 18.4 Å². The van der Waals surface area contributed by atoms with E-state index in [9.17, 15) is 21.6 Å². The van der Waals surface area contributed by atoms with Crippen LogP contribution in [0.5, 0.6) is 5.75 Å². The average Bonchev–Trinajstić information content (AvgIpc) is 2.68. The summed E-state index contributed by atoms with van der Waals surface area (Å²) in [5.41, 5.74) is -0.423. The number of ether oxygens (including phenoxy) is 1. The average molecular weight is 476 g/mol. The molecule has 0 aliphatic carbocycles. The van der Waals surface area contributed by atoms with Crippen LogP contribution >= 0.6 is 11.6 Å². The molecule has 1 saturated heterocycles. The second-order valence-corrected chi connectivity index (χ2v) is 10.5. The van der Waals surface area contributed by atoms with Gasteiger partial charge in [-0.3, -0.25) is 0 Å². The van der Waals surface area contributed by atoms with E-state index in [0.717, 1.165) is 38.5 Å². The highest BCUT2D eigenvalue weighted by Crippen LogP contribution is 2.41. The van der Waals surface area contributed by atoms with Gasteiger partial charge >= 0.3 is 6.18 Å². The molecule has 1 aliphatic rings. The lowest BCUT2D eigenvalue weighted by Gasteiger charge is -2.32. The van der Waals surface area contributed by atoms with Crippen LogP contribution in [-0.2, 0) is 16.0 Å². The molecule has 2 aromatic rings. The van der Waals surface area contributed by atoms with Crippen LogP contribution in [0.25, 0.3) is 11.1 Å². The Kier molecular flexibility index (Phi) is 7.55. The standard InChI is InChI=1S/C22H25ClF3NO3S/c1-31(28,29)15-3-12-27-13-10-18(11-14-27)30-17-8-6-16(7-9-17)21-19(22(24,25)26)4-2-5-20(21)23/h2,4-9,18H,3,10-15H2,1H3. The highest BCUT2D eigenvalue weighted by atomic mass is 35.5. The van der Waals surface area contributed by atoms with Crippen molar-refractivity contribution >= 4 is 21.4 Å². The van der Waals surface area contributed by atoms with Crippen molar-refractivity contribution in [1.82, 2.24) is 4.90 Å². The molecule has 170 valence electrons. The molecule has 4 nitrogen and oxygen atoms in total. The fourth-order valence-corrected chi connectivity index (χ4v) is 4.68. The van der Waals surface area contributed by atoms with Gasteiger partial charge < -0.3 is 9.64 Å². The molecule has 1 aliphatic heterocycles. The Bertz CT molecular complexity index is 986. The van der Waals surface area contributed by atoms with Crippen LogP contribution in [0, 0.1) is 0 Å². The van der Waals surface area contributed by atoms with Crippen molar-refractivity contribution in [2.75, 3.05) is 31.6 Å². The quantitative estimate of drug-likeness (QED) is 0.545. The van der Waals surface area contributed by atoms with E-state index in [1.807, 2.05) is 0 Å². The maximum absolute atomic E-state index is 13.4. The lowest BCUT2D eigenvalue weighted by atomic mass is 9.99. The summed E-state index contributed by atoms with van der Waals surface area (Å²) in [7, 11) is -2.94. The Morgan fingerprint density at radius 2 is 1.74 bits per heavy atom. The van der Waals surface area contributed by atoms with Gasteiger partial charge in [0.15, 0.2) is 0 Å². The van der Waals surface area contributed by atoms with E-state index in [2.05, 4.69) is 4.90 Å². The molecule has 31 heavy (non-hydrogen) atoms. The molecule has 3 rings (SSSR count). The first-order valence-corrected chi connectivity index (χ1v) is 12.5. The normalized spacial score (nSPS) is 16.4. The van der Waals surface area contributed by atoms with Gasteiger partial charge in [0.05, 0.1) is 11.3 Å². The zero-order valence-electron chi connectivity index (χ0n) is 17.2. The molecule has 0 atom stereocenters. The van der Waals surface area contributed by atoms with Gasteiger partial charge in [0, 0.05) is 29.9 Å². The lowest BCUT2D eigenvalue weighted by Crippen LogP contribution is -2.39.